The van der Waals surface area contributed by atoms with E-state index in [2.05, 4.69) is 4.29 Å². The van der Waals surface area contributed by atoms with Gasteiger partial charge in [-0.1, -0.05) is 12.1 Å². The molecule has 0 unspecified atom stereocenters. The Hall–Kier alpha value is -0.730. The van der Waals surface area contributed by atoms with Gasteiger partial charge < -0.3 is 5.11 Å². The molecular formula is C7H7ClO2. The molecule has 0 saturated heterocycles. The maximum absolute atomic E-state index is 8.94. The maximum Gasteiger partial charge on any atom is 0.115 e. The van der Waals surface area contributed by atoms with Crippen molar-refractivity contribution in [2.24, 2.45) is 0 Å². The summed E-state index contributed by atoms with van der Waals surface area (Å²) in [4.78, 5) is 0. The van der Waals surface area contributed by atoms with Gasteiger partial charge in [0.2, 0.25) is 0 Å². The van der Waals surface area contributed by atoms with Gasteiger partial charge >= 0.3 is 0 Å². The Bertz CT molecular complexity index is 213. The summed E-state index contributed by atoms with van der Waals surface area (Å²) in [5.74, 6) is 0.228. The van der Waals surface area contributed by atoms with Crippen LogP contribution in [0.2, 0.25) is 0 Å². The summed E-state index contributed by atoms with van der Waals surface area (Å²) in [6, 6.07) is 6.75. The highest BCUT2D eigenvalue weighted by Gasteiger charge is 1.91. The Morgan fingerprint density at radius 3 is 2.90 bits per heavy atom. The highest BCUT2D eigenvalue weighted by molar-refractivity contribution is 6.07. The summed E-state index contributed by atoms with van der Waals surface area (Å²) in [5, 5.41) is 8.94. The van der Waals surface area contributed by atoms with E-state index in [0.717, 1.165) is 5.56 Å². The fourth-order valence-electron chi connectivity index (χ4n) is 0.709. The normalized spacial score (nSPS) is 9.70. The van der Waals surface area contributed by atoms with Crippen LogP contribution in [0, 0.1) is 0 Å². The first-order valence-corrected chi connectivity index (χ1v) is 3.15. The molecule has 1 aromatic rings. The van der Waals surface area contributed by atoms with Crippen LogP contribution in [-0.4, -0.2) is 5.11 Å². The standard InChI is InChI=1S/C7H7ClO2/c8-10-5-6-2-1-3-7(9)4-6/h1-4,9H,5H2. The van der Waals surface area contributed by atoms with Gasteiger partial charge in [-0.25, -0.2) is 0 Å². The van der Waals surface area contributed by atoms with Crippen LogP contribution in [0.3, 0.4) is 0 Å². The van der Waals surface area contributed by atoms with E-state index in [1.165, 1.54) is 0 Å². The first-order valence-electron chi connectivity index (χ1n) is 2.84. The zero-order valence-electron chi connectivity index (χ0n) is 5.25. The minimum absolute atomic E-state index is 0.228. The van der Waals surface area contributed by atoms with E-state index in [1.807, 2.05) is 6.07 Å². The quantitative estimate of drug-likeness (QED) is 0.714. The molecule has 0 atom stereocenters. The van der Waals surface area contributed by atoms with E-state index >= 15 is 0 Å². The summed E-state index contributed by atoms with van der Waals surface area (Å²) >= 11 is 5.01. The second-order valence-electron chi connectivity index (χ2n) is 1.92. The Kier molecular flexibility index (Phi) is 2.54. The van der Waals surface area contributed by atoms with E-state index in [9.17, 15) is 0 Å². The van der Waals surface area contributed by atoms with Crippen LogP contribution in [0.1, 0.15) is 5.56 Å². The molecule has 0 aliphatic heterocycles. The smallest absolute Gasteiger partial charge is 0.115 e. The number of phenolic OH excluding ortho intramolecular Hbond substituents is 1. The Labute approximate surface area is 64.2 Å². The molecule has 0 aromatic heterocycles. The Balaban J connectivity index is 2.75. The predicted molar refractivity (Wildman–Crippen MR) is 38.7 cm³/mol. The molecular weight excluding hydrogens is 152 g/mol. The fourth-order valence-corrected chi connectivity index (χ4v) is 0.835. The zero-order chi connectivity index (χ0) is 7.40. The van der Waals surface area contributed by atoms with Gasteiger partial charge in [-0.2, -0.15) is 0 Å². The third-order valence-electron chi connectivity index (χ3n) is 1.13. The van der Waals surface area contributed by atoms with E-state index < -0.39 is 0 Å². The van der Waals surface area contributed by atoms with Crippen molar-refractivity contribution in [3.05, 3.63) is 29.8 Å². The molecule has 0 fully saturated rings. The lowest BCUT2D eigenvalue weighted by atomic mass is 10.2. The summed E-state index contributed by atoms with van der Waals surface area (Å²) in [6.07, 6.45) is 0. The van der Waals surface area contributed by atoms with Crippen molar-refractivity contribution >= 4 is 11.9 Å². The average Bonchev–Trinajstić information content (AvgIpc) is 1.88. The lowest BCUT2D eigenvalue weighted by Gasteiger charge is -1.96. The summed E-state index contributed by atoms with van der Waals surface area (Å²) in [6.45, 7) is 0.315. The number of halogens is 1. The third kappa shape index (κ3) is 1.90. The van der Waals surface area contributed by atoms with Gasteiger partial charge in [0, 0.05) is 0 Å². The van der Waals surface area contributed by atoms with E-state index in [4.69, 9.17) is 17.0 Å². The molecule has 0 bridgehead atoms. The third-order valence-corrected chi connectivity index (χ3v) is 1.24. The lowest BCUT2D eigenvalue weighted by molar-refractivity contribution is 0.339. The number of rotatable bonds is 2. The van der Waals surface area contributed by atoms with E-state index in [0.29, 0.717) is 6.61 Å². The van der Waals surface area contributed by atoms with Gasteiger partial charge in [0.05, 0.1) is 18.5 Å². The summed E-state index contributed by atoms with van der Waals surface area (Å²) in [5.41, 5.74) is 0.856. The van der Waals surface area contributed by atoms with Gasteiger partial charge in [0.15, 0.2) is 0 Å². The number of hydrogen-bond donors (Lipinski definition) is 1. The van der Waals surface area contributed by atoms with Crippen LogP contribution in [0.5, 0.6) is 5.75 Å². The average molecular weight is 159 g/mol. The molecule has 0 aliphatic rings. The minimum atomic E-state index is 0.228. The van der Waals surface area contributed by atoms with Crippen molar-refractivity contribution in [1.29, 1.82) is 0 Å². The zero-order valence-corrected chi connectivity index (χ0v) is 6.01. The first-order chi connectivity index (χ1) is 4.83. The molecule has 54 valence electrons. The lowest BCUT2D eigenvalue weighted by Crippen LogP contribution is -1.81. The van der Waals surface area contributed by atoms with Gasteiger partial charge in [-0.05, 0) is 17.7 Å². The molecule has 0 aliphatic carbocycles. The van der Waals surface area contributed by atoms with Crippen molar-refractivity contribution < 1.29 is 9.40 Å². The van der Waals surface area contributed by atoms with Crippen molar-refractivity contribution in [1.82, 2.24) is 0 Å². The molecule has 0 amide bonds. The van der Waals surface area contributed by atoms with Gasteiger partial charge in [0.1, 0.15) is 5.75 Å². The Morgan fingerprint density at radius 1 is 1.50 bits per heavy atom. The van der Waals surface area contributed by atoms with Crippen molar-refractivity contribution in [2.45, 2.75) is 6.61 Å². The fraction of sp³-hybridized carbons (Fsp3) is 0.143. The molecule has 10 heavy (non-hydrogen) atoms. The maximum atomic E-state index is 8.94. The van der Waals surface area contributed by atoms with E-state index in [-0.39, 0.29) is 5.75 Å². The second kappa shape index (κ2) is 3.44. The summed E-state index contributed by atoms with van der Waals surface area (Å²) in [7, 11) is 0. The highest BCUT2D eigenvalue weighted by atomic mass is 35.5. The van der Waals surface area contributed by atoms with Crippen LogP contribution in [0.15, 0.2) is 24.3 Å². The minimum Gasteiger partial charge on any atom is -0.508 e. The second-order valence-corrected chi connectivity index (χ2v) is 2.14. The molecule has 1 N–H and O–H groups in total. The largest absolute Gasteiger partial charge is 0.508 e. The molecule has 2 nitrogen and oxygen atoms in total. The van der Waals surface area contributed by atoms with E-state index in [1.54, 1.807) is 18.2 Å². The van der Waals surface area contributed by atoms with Crippen LogP contribution in [0.4, 0.5) is 0 Å². The molecule has 0 saturated carbocycles. The molecule has 0 heterocycles. The van der Waals surface area contributed by atoms with Crippen molar-refractivity contribution in [2.75, 3.05) is 0 Å². The van der Waals surface area contributed by atoms with Gasteiger partial charge in [-0.15, -0.1) is 0 Å². The monoisotopic (exact) mass is 158 g/mol. The van der Waals surface area contributed by atoms with Crippen LogP contribution in [-0.2, 0) is 10.9 Å². The van der Waals surface area contributed by atoms with Crippen LogP contribution < -0.4 is 0 Å². The summed E-state index contributed by atoms with van der Waals surface area (Å²) < 4.78 is 4.34. The SMILES string of the molecule is Oc1cccc(COCl)c1. The topological polar surface area (TPSA) is 29.5 Å². The molecule has 0 radical (unpaired) electrons. The number of benzene rings is 1. The van der Waals surface area contributed by atoms with Crippen molar-refractivity contribution in [3.8, 4) is 5.75 Å². The number of phenols is 1. The predicted octanol–water partition coefficient (Wildman–Crippen LogP) is 2.06. The molecule has 0 spiro atoms. The molecule has 1 aromatic carbocycles. The van der Waals surface area contributed by atoms with Gasteiger partial charge in [0.25, 0.3) is 0 Å². The highest BCUT2D eigenvalue weighted by Crippen LogP contribution is 2.11. The molecule has 3 heteroatoms. The van der Waals surface area contributed by atoms with Gasteiger partial charge in [-0.3, -0.25) is 4.29 Å². The van der Waals surface area contributed by atoms with Crippen LogP contribution in [0.25, 0.3) is 0 Å². The Morgan fingerprint density at radius 2 is 2.30 bits per heavy atom. The van der Waals surface area contributed by atoms with Crippen LogP contribution >= 0.6 is 11.9 Å². The van der Waals surface area contributed by atoms with Crippen molar-refractivity contribution in [3.63, 3.8) is 0 Å². The molecule has 1 rings (SSSR count). The first kappa shape index (κ1) is 7.38. The number of hydrogen-bond acceptors (Lipinski definition) is 2. The number of aromatic hydroxyl groups is 1.